The van der Waals surface area contributed by atoms with Crippen molar-refractivity contribution in [2.45, 2.75) is 39.2 Å². The van der Waals surface area contributed by atoms with Gasteiger partial charge >= 0.3 is 0 Å². The van der Waals surface area contributed by atoms with Crippen LogP contribution in [0.1, 0.15) is 33.3 Å². The highest BCUT2D eigenvalue weighted by molar-refractivity contribution is 5.47. The van der Waals surface area contributed by atoms with E-state index >= 15 is 0 Å². The second-order valence-corrected chi connectivity index (χ2v) is 4.61. The van der Waals surface area contributed by atoms with Gasteiger partial charge in [-0.15, -0.1) is 0 Å². The highest BCUT2D eigenvalue weighted by atomic mass is 14.9. The molecule has 0 aliphatic rings. The molecular formula is C13H18N2. The second-order valence-electron chi connectivity index (χ2n) is 4.61. The predicted molar refractivity (Wildman–Crippen MR) is 63.8 cm³/mol. The molecule has 15 heavy (non-hydrogen) atoms. The molecular weight excluding hydrogens is 184 g/mol. The lowest BCUT2D eigenvalue weighted by atomic mass is 9.86. The van der Waals surface area contributed by atoms with Crippen LogP contribution in [0.5, 0.6) is 0 Å². The van der Waals surface area contributed by atoms with E-state index in [0.717, 1.165) is 11.3 Å². The first kappa shape index (κ1) is 11.6. The zero-order chi connectivity index (χ0) is 11.5. The average Bonchev–Trinajstić information content (AvgIpc) is 2.18. The summed E-state index contributed by atoms with van der Waals surface area (Å²) in [6.07, 6.45) is 0. The van der Waals surface area contributed by atoms with Gasteiger partial charge in [0.25, 0.3) is 0 Å². The van der Waals surface area contributed by atoms with E-state index < -0.39 is 5.41 Å². The van der Waals surface area contributed by atoms with Crippen LogP contribution in [0.15, 0.2) is 24.3 Å². The standard InChI is InChI=1S/C13H18N2/c1-10(2)15-12-7-5-11(6-8-12)13(3,4)9-14/h5-8,10,15H,1-4H3. The minimum Gasteiger partial charge on any atom is -0.383 e. The molecule has 1 aromatic carbocycles. The average molecular weight is 202 g/mol. The number of hydrogen-bond donors (Lipinski definition) is 1. The van der Waals surface area contributed by atoms with Gasteiger partial charge in [-0.3, -0.25) is 0 Å². The molecule has 0 spiro atoms. The molecule has 80 valence electrons. The van der Waals surface area contributed by atoms with Crippen molar-refractivity contribution in [3.63, 3.8) is 0 Å². The summed E-state index contributed by atoms with van der Waals surface area (Å²) in [5.41, 5.74) is 1.75. The second kappa shape index (κ2) is 4.35. The molecule has 0 bridgehead atoms. The van der Waals surface area contributed by atoms with Gasteiger partial charge in [-0.25, -0.2) is 0 Å². The number of rotatable bonds is 3. The first-order valence-electron chi connectivity index (χ1n) is 5.24. The van der Waals surface area contributed by atoms with Crippen LogP contribution in [0.25, 0.3) is 0 Å². The summed E-state index contributed by atoms with van der Waals surface area (Å²) in [4.78, 5) is 0. The van der Waals surface area contributed by atoms with Gasteiger partial charge in [0.1, 0.15) is 0 Å². The Morgan fingerprint density at radius 2 is 1.73 bits per heavy atom. The Balaban J connectivity index is 2.87. The van der Waals surface area contributed by atoms with Crippen molar-refractivity contribution in [2.75, 3.05) is 5.32 Å². The van der Waals surface area contributed by atoms with Gasteiger partial charge in [0.2, 0.25) is 0 Å². The molecule has 0 aliphatic heterocycles. The number of anilines is 1. The molecule has 1 N–H and O–H groups in total. The largest absolute Gasteiger partial charge is 0.383 e. The van der Waals surface area contributed by atoms with Crippen molar-refractivity contribution in [2.24, 2.45) is 0 Å². The van der Waals surface area contributed by atoms with Crippen LogP contribution in [0.2, 0.25) is 0 Å². The van der Waals surface area contributed by atoms with Gasteiger partial charge in [0, 0.05) is 11.7 Å². The number of benzene rings is 1. The quantitative estimate of drug-likeness (QED) is 0.816. The maximum absolute atomic E-state index is 9.00. The fourth-order valence-corrected chi connectivity index (χ4v) is 1.38. The van der Waals surface area contributed by atoms with E-state index in [4.69, 9.17) is 5.26 Å². The smallest absolute Gasteiger partial charge is 0.0766 e. The van der Waals surface area contributed by atoms with Crippen LogP contribution in [-0.2, 0) is 5.41 Å². The molecule has 0 saturated heterocycles. The van der Waals surface area contributed by atoms with E-state index in [1.807, 2.05) is 38.1 Å². The van der Waals surface area contributed by atoms with Crippen molar-refractivity contribution in [3.05, 3.63) is 29.8 Å². The molecule has 1 aromatic rings. The predicted octanol–water partition coefficient (Wildman–Crippen LogP) is 3.31. The number of nitrogens with one attached hydrogen (secondary N) is 1. The Hall–Kier alpha value is -1.49. The molecule has 0 saturated carbocycles. The van der Waals surface area contributed by atoms with Crippen LogP contribution >= 0.6 is 0 Å². The van der Waals surface area contributed by atoms with Crippen molar-refractivity contribution in [1.29, 1.82) is 5.26 Å². The van der Waals surface area contributed by atoms with E-state index in [1.54, 1.807) is 0 Å². The van der Waals surface area contributed by atoms with Crippen LogP contribution in [-0.4, -0.2) is 6.04 Å². The lowest BCUT2D eigenvalue weighted by Crippen LogP contribution is -2.14. The number of nitrogens with zero attached hydrogens (tertiary/aromatic N) is 1. The Kier molecular flexibility index (Phi) is 3.36. The van der Waals surface area contributed by atoms with Crippen LogP contribution in [0.4, 0.5) is 5.69 Å². The number of nitriles is 1. The van der Waals surface area contributed by atoms with Crippen LogP contribution in [0.3, 0.4) is 0 Å². The molecule has 0 fully saturated rings. The Labute approximate surface area is 91.9 Å². The van der Waals surface area contributed by atoms with Crippen molar-refractivity contribution >= 4 is 5.69 Å². The number of hydrogen-bond acceptors (Lipinski definition) is 2. The summed E-state index contributed by atoms with van der Waals surface area (Å²) in [6, 6.07) is 10.8. The van der Waals surface area contributed by atoms with E-state index in [0.29, 0.717) is 6.04 Å². The van der Waals surface area contributed by atoms with Gasteiger partial charge in [-0.1, -0.05) is 12.1 Å². The normalized spacial score (nSPS) is 11.2. The zero-order valence-electron chi connectivity index (χ0n) is 9.83. The molecule has 1 rings (SSSR count). The Morgan fingerprint density at radius 3 is 2.13 bits per heavy atom. The van der Waals surface area contributed by atoms with Crippen LogP contribution < -0.4 is 5.32 Å². The summed E-state index contributed by atoms with van der Waals surface area (Å²) >= 11 is 0. The van der Waals surface area contributed by atoms with E-state index in [1.165, 1.54) is 0 Å². The lowest BCUT2D eigenvalue weighted by Gasteiger charge is -2.17. The van der Waals surface area contributed by atoms with Crippen molar-refractivity contribution < 1.29 is 0 Å². The van der Waals surface area contributed by atoms with E-state index in [-0.39, 0.29) is 0 Å². The minimum atomic E-state index is -0.406. The maximum atomic E-state index is 9.00. The molecule has 0 heterocycles. The summed E-state index contributed by atoms with van der Waals surface area (Å²) in [5, 5.41) is 12.3. The van der Waals surface area contributed by atoms with E-state index in [2.05, 4.69) is 25.2 Å². The van der Waals surface area contributed by atoms with Gasteiger partial charge in [-0.05, 0) is 45.4 Å². The summed E-state index contributed by atoms with van der Waals surface area (Å²) in [6.45, 7) is 8.07. The summed E-state index contributed by atoms with van der Waals surface area (Å²) in [7, 11) is 0. The van der Waals surface area contributed by atoms with Crippen LogP contribution in [0, 0.1) is 11.3 Å². The SMILES string of the molecule is CC(C)Nc1ccc(C(C)(C)C#N)cc1. The third-order valence-corrected chi connectivity index (χ3v) is 2.34. The summed E-state index contributed by atoms with van der Waals surface area (Å²) in [5.74, 6) is 0. The van der Waals surface area contributed by atoms with Gasteiger partial charge in [-0.2, -0.15) is 5.26 Å². The molecule has 0 aliphatic carbocycles. The van der Waals surface area contributed by atoms with Crippen molar-refractivity contribution in [1.82, 2.24) is 0 Å². The van der Waals surface area contributed by atoms with Gasteiger partial charge in [0.05, 0.1) is 11.5 Å². The topological polar surface area (TPSA) is 35.8 Å². The molecule has 0 amide bonds. The third kappa shape index (κ3) is 2.99. The molecule has 0 radical (unpaired) electrons. The fourth-order valence-electron chi connectivity index (χ4n) is 1.38. The van der Waals surface area contributed by atoms with Crippen molar-refractivity contribution in [3.8, 4) is 6.07 Å². The summed E-state index contributed by atoms with van der Waals surface area (Å²) < 4.78 is 0. The van der Waals surface area contributed by atoms with Gasteiger partial charge in [0.15, 0.2) is 0 Å². The van der Waals surface area contributed by atoms with Gasteiger partial charge < -0.3 is 5.32 Å². The minimum absolute atomic E-state index is 0.406. The highest BCUT2D eigenvalue weighted by Gasteiger charge is 2.18. The fraction of sp³-hybridized carbons (Fsp3) is 0.462. The molecule has 0 aromatic heterocycles. The third-order valence-electron chi connectivity index (χ3n) is 2.34. The highest BCUT2D eigenvalue weighted by Crippen LogP contribution is 2.23. The first-order chi connectivity index (χ1) is 6.95. The lowest BCUT2D eigenvalue weighted by molar-refractivity contribution is 0.687. The van der Waals surface area contributed by atoms with E-state index in [9.17, 15) is 0 Å². The Bertz CT molecular complexity index is 355. The molecule has 0 atom stereocenters. The monoisotopic (exact) mass is 202 g/mol. The Morgan fingerprint density at radius 1 is 1.20 bits per heavy atom. The first-order valence-corrected chi connectivity index (χ1v) is 5.24. The zero-order valence-corrected chi connectivity index (χ0v) is 9.83. The molecule has 2 heteroatoms. The molecule has 0 unspecified atom stereocenters. The maximum Gasteiger partial charge on any atom is 0.0766 e. The molecule has 2 nitrogen and oxygen atoms in total.